The summed E-state index contributed by atoms with van der Waals surface area (Å²) in [4.78, 5) is 10.9. The van der Waals surface area contributed by atoms with E-state index in [1.807, 2.05) is 19.9 Å². The van der Waals surface area contributed by atoms with Crippen LogP contribution in [0.15, 0.2) is 10.6 Å². The Morgan fingerprint density at radius 1 is 1.64 bits per heavy atom. The van der Waals surface area contributed by atoms with Crippen molar-refractivity contribution in [3.05, 3.63) is 10.6 Å². The molecule has 0 rings (SSSR count). The number of allylic oxidation sites excluding steroid dienone is 1. The van der Waals surface area contributed by atoms with E-state index >= 15 is 0 Å². The standard InChI is InChI=1S/C8H13BrO2/c1-4-11-8(10)7(9)5-6(2)3/h5-6H,4H2,1-3H3. The Balaban J connectivity index is 4.01. The van der Waals surface area contributed by atoms with Gasteiger partial charge in [-0.15, -0.1) is 0 Å². The van der Waals surface area contributed by atoms with E-state index in [2.05, 4.69) is 15.9 Å². The van der Waals surface area contributed by atoms with Crippen LogP contribution in [-0.2, 0) is 9.53 Å². The van der Waals surface area contributed by atoms with Crippen molar-refractivity contribution in [3.8, 4) is 0 Å². The zero-order valence-electron chi connectivity index (χ0n) is 7.06. The summed E-state index contributed by atoms with van der Waals surface area (Å²) < 4.78 is 5.26. The minimum absolute atomic E-state index is 0.291. The van der Waals surface area contributed by atoms with Crippen molar-refractivity contribution in [1.82, 2.24) is 0 Å². The molecule has 0 bridgehead atoms. The molecule has 0 N–H and O–H groups in total. The van der Waals surface area contributed by atoms with Crippen LogP contribution < -0.4 is 0 Å². The van der Waals surface area contributed by atoms with Crippen molar-refractivity contribution < 1.29 is 9.53 Å². The molecule has 0 aromatic carbocycles. The molecule has 0 aromatic rings. The molecule has 0 radical (unpaired) electrons. The molecule has 0 fully saturated rings. The number of hydrogen-bond donors (Lipinski definition) is 0. The number of halogens is 1. The lowest BCUT2D eigenvalue weighted by Crippen LogP contribution is -2.03. The van der Waals surface area contributed by atoms with Crippen molar-refractivity contribution in [1.29, 1.82) is 0 Å². The second kappa shape index (κ2) is 5.35. The molecular weight excluding hydrogens is 208 g/mol. The summed E-state index contributed by atoms with van der Waals surface area (Å²) in [6, 6.07) is 0. The second-order valence-corrected chi connectivity index (χ2v) is 3.33. The van der Waals surface area contributed by atoms with E-state index in [1.165, 1.54) is 0 Å². The molecule has 0 unspecified atom stereocenters. The van der Waals surface area contributed by atoms with Gasteiger partial charge in [-0.3, -0.25) is 0 Å². The minimum atomic E-state index is -0.291. The molecule has 0 aliphatic rings. The van der Waals surface area contributed by atoms with Crippen molar-refractivity contribution in [2.75, 3.05) is 6.61 Å². The zero-order chi connectivity index (χ0) is 8.85. The van der Waals surface area contributed by atoms with Crippen molar-refractivity contribution in [2.24, 2.45) is 5.92 Å². The van der Waals surface area contributed by atoms with E-state index in [1.54, 1.807) is 6.92 Å². The number of rotatable bonds is 3. The average molecular weight is 221 g/mol. The molecular formula is C8H13BrO2. The number of hydrogen-bond acceptors (Lipinski definition) is 2. The first-order valence-corrected chi connectivity index (χ1v) is 4.41. The van der Waals surface area contributed by atoms with Gasteiger partial charge in [0.05, 0.1) is 11.1 Å². The van der Waals surface area contributed by atoms with Crippen LogP contribution in [0.2, 0.25) is 0 Å². The summed E-state index contributed by atoms with van der Waals surface area (Å²) in [5, 5.41) is 0. The van der Waals surface area contributed by atoms with E-state index in [4.69, 9.17) is 4.74 Å². The summed E-state index contributed by atoms with van der Waals surface area (Å²) in [7, 11) is 0. The van der Waals surface area contributed by atoms with Gasteiger partial charge in [0.2, 0.25) is 0 Å². The third-order valence-corrected chi connectivity index (χ3v) is 1.54. The molecule has 0 amide bonds. The molecule has 0 aliphatic carbocycles. The quantitative estimate of drug-likeness (QED) is 0.540. The third-order valence-electron chi connectivity index (χ3n) is 0.950. The maximum atomic E-state index is 10.9. The van der Waals surface area contributed by atoms with Gasteiger partial charge in [0, 0.05) is 0 Å². The van der Waals surface area contributed by atoms with Gasteiger partial charge in [0.15, 0.2) is 0 Å². The van der Waals surface area contributed by atoms with Crippen molar-refractivity contribution in [2.45, 2.75) is 20.8 Å². The van der Waals surface area contributed by atoms with Crippen LogP contribution >= 0.6 is 15.9 Å². The highest BCUT2D eigenvalue weighted by molar-refractivity contribution is 9.12. The molecule has 0 atom stereocenters. The monoisotopic (exact) mass is 220 g/mol. The van der Waals surface area contributed by atoms with Crippen LogP contribution in [0, 0.1) is 5.92 Å². The maximum absolute atomic E-state index is 10.9. The number of esters is 1. The van der Waals surface area contributed by atoms with Gasteiger partial charge >= 0.3 is 5.97 Å². The summed E-state index contributed by atoms with van der Waals surface area (Å²) in [6.07, 6.45) is 1.82. The van der Waals surface area contributed by atoms with E-state index < -0.39 is 0 Å². The normalized spacial score (nSPS) is 11.9. The molecule has 11 heavy (non-hydrogen) atoms. The predicted molar refractivity (Wildman–Crippen MR) is 48.5 cm³/mol. The van der Waals surface area contributed by atoms with Gasteiger partial charge in [0.1, 0.15) is 0 Å². The van der Waals surface area contributed by atoms with E-state index in [0.717, 1.165) is 0 Å². The zero-order valence-corrected chi connectivity index (χ0v) is 8.64. The molecule has 0 spiro atoms. The first kappa shape index (κ1) is 10.7. The number of carbonyl (C=O) groups excluding carboxylic acids is 1. The maximum Gasteiger partial charge on any atom is 0.344 e. The first-order valence-electron chi connectivity index (χ1n) is 3.62. The Morgan fingerprint density at radius 2 is 2.18 bits per heavy atom. The Kier molecular flexibility index (Phi) is 5.20. The molecule has 2 nitrogen and oxygen atoms in total. The summed E-state index contributed by atoms with van der Waals surface area (Å²) in [6.45, 7) is 6.20. The highest BCUT2D eigenvalue weighted by Crippen LogP contribution is 2.10. The molecule has 0 aliphatic heterocycles. The van der Waals surface area contributed by atoms with Crippen LogP contribution in [-0.4, -0.2) is 12.6 Å². The Bertz CT molecular complexity index is 161. The van der Waals surface area contributed by atoms with E-state index in [0.29, 0.717) is 17.0 Å². The largest absolute Gasteiger partial charge is 0.462 e. The van der Waals surface area contributed by atoms with Crippen LogP contribution in [0.25, 0.3) is 0 Å². The lowest BCUT2D eigenvalue weighted by molar-refractivity contribution is -0.137. The van der Waals surface area contributed by atoms with Gasteiger partial charge in [-0.25, -0.2) is 4.79 Å². The van der Waals surface area contributed by atoms with Crippen LogP contribution in [0.3, 0.4) is 0 Å². The average Bonchev–Trinajstić information content (AvgIpc) is 1.86. The Morgan fingerprint density at radius 3 is 2.55 bits per heavy atom. The van der Waals surface area contributed by atoms with Crippen molar-refractivity contribution in [3.63, 3.8) is 0 Å². The van der Waals surface area contributed by atoms with Crippen LogP contribution in [0.5, 0.6) is 0 Å². The van der Waals surface area contributed by atoms with Gasteiger partial charge in [-0.1, -0.05) is 19.9 Å². The summed E-state index contributed by atoms with van der Waals surface area (Å²) in [5.74, 6) is 0.0648. The summed E-state index contributed by atoms with van der Waals surface area (Å²) >= 11 is 3.13. The predicted octanol–water partition coefficient (Wildman–Crippen LogP) is 2.48. The summed E-state index contributed by atoms with van der Waals surface area (Å²) in [5.41, 5.74) is 0. The minimum Gasteiger partial charge on any atom is -0.462 e. The molecule has 64 valence electrons. The van der Waals surface area contributed by atoms with Gasteiger partial charge in [-0.05, 0) is 28.8 Å². The van der Waals surface area contributed by atoms with Gasteiger partial charge in [0.25, 0.3) is 0 Å². The fourth-order valence-corrected chi connectivity index (χ4v) is 1.20. The van der Waals surface area contributed by atoms with E-state index in [-0.39, 0.29) is 5.97 Å². The second-order valence-electron chi connectivity index (χ2n) is 2.48. The topological polar surface area (TPSA) is 26.3 Å². The highest BCUT2D eigenvalue weighted by atomic mass is 79.9. The van der Waals surface area contributed by atoms with Gasteiger partial charge in [-0.2, -0.15) is 0 Å². The molecule has 0 heterocycles. The fourth-order valence-electron chi connectivity index (χ4n) is 0.561. The first-order chi connectivity index (χ1) is 5.07. The molecule has 3 heteroatoms. The third kappa shape index (κ3) is 5.01. The molecule has 0 saturated heterocycles. The van der Waals surface area contributed by atoms with Crippen LogP contribution in [0.4, 0.5) is 0 Å². The molecule has 0 aromatic heterocycles. The number of ether oxygens (including phenoxy) is 1. The lowest BCUT2D eigenvalue weighted by atomic mass is 10.2. The SMILES string of the molecule is CCOC(=O)C(Br)=CC(C)C. The van der Waals surface area contributed by atoms with Gasteiger partial charge < -0.3 is 4.74 Å². The Hall–Kier alpha value is -0.310. The molecule has 0 saturated carbocycles. The smallest absolute Gasteiger partial charge is 0.344 e. The highest BCUT2D eigenvalue weighted by Gasteiger charge is 2.05. The van der Waals surface area contributed by atoms with Crippen LogP contribution in [0.1, 0.15) is 20.8 Å². The number of carbonyl (C=O) groups is 1. The Labute approximate surface area is 75.7 Å². The fraction of sp³-hybridized carbons (Fsp3) is 0.625. The van der Waals surface area contributed by atoms with Crippen molar-refractivity contribution >= 4 is 21.9 Å². The lowest BCUT2D eigenvalue weighted by Gasteiger charge is -2.00. The van der Waals surface area contributed by atoms with E-state index in [9.17, 15) is 4.79 Å².